The zero-order chi connectivity index (χ0) is 15.8. The number of rotatable bonds is 7. The lowest BCUT2D eigenvalue weighted by Crippen LogP contribution is -2.20. The Morgan fingerprint density at radius 3 is 2.55 bits per heavy atom. The summed E-state index contributed by atoms with van der Waals surface area (Å²) in [5.74, 6) is 0.600. The minimum absolute atomic E-state index is 0.143. The Hall–Kier alpha value is -2.82. The van der Waals surface area contributed by atoms with Crippen LogP contribution in [0, 0.1) is 0 Å². The van der Waals surface area contributed by atoms with Crippen molar-refractivity contribution in [3.63, 3.8) is 0 Å². The fourth-order valence-electron chi connectivity index (χ4n) is 1.85. The molecule has 1 N–H and O–H groups in total. The number of carbonyl (C=O) groups excluding carboxylic acids is 2. The third-order valence-corrected chi connectivity index (χ3v) is 2.82. The van der Waals surface area contributed by atoms with Crippen LogP contribution in [0.5, 0.6) is 11.5 Å². The van der Waals surface area contributed by atoms with Gasteiger partial charge in [0.15, 0.2) is 18.1 Å². The van der Waals surface area contributed by atoms with Crippen LogP contribution >= 0.6 is 0 Å². The first-order valence-electron chi connectivity index (χ1n) is 6.92. The second-order valence-electron chi connectivity index (χ2n) is 4.46. The molecule has 2 aromatic rings. The average Bonchev–Trinajstić information content (AvgIpc) is 2.55. The number of amides is 1. The minimum Gasteiger partial charge on any atom is -0.490 e. The van der Waals surface area contributed by atoms with E-state index in [0.717, 1.165) is 6.29 Å². The molecule has 5 heteroatoms. The molecule has 2 aromatic carbocycles. The van der Waals surface area contributed by atoms with Crippen LogP contribution in [0.4, 0.5) is 5.69 Å². The van der Waals surface area contributed by atoms with Crippen molar-refractivity contribution in [2.75, 3.05) is 18.5 Å². The molecule has 1 amide bonds. The van der Waals surface area contributed by atoms with Crippen LogP contribution in [0.3, 0.4) is 0 Å². The van der Waals surface area contributed by atoms with E-state index in [4.69, 9.17) is 9.47 Å². The van der Waals surface area contributed by atoms with Gasteiger partial charge in [0, 0.05) is 11.3 Å². The Bertz CT molecular complexity index is 640. The predicted molar refractivity (Wildman–Crippen MR) is 83.6 cm³/mol. The summed E-state index contributed by atoms with van der Waals surface area (Å²) < 4.78 is 10.9. The smallest absolute Gasteiger partial charge is 0.262 e. The second-order valence-corrected chi connectivity index (χ2v) is 4.46. The Morgan fingerprint density at radius 2 is 1.86 bits per heavy atom. The molecule has 0 fully saturated rings. The van der Waals surface area contributed by atoms with Crippen molar-refractivity contribution in [3.8, 4) is 11.5 Å². The summed E-state index contributed by atoms with van der Waals surface area (Å²) in [7, 11) is 0. The molecule has 0 aromatic heterocycles. The molecule has 114 valence electrons. The molecule has 0 aliphatic heterocycles. The highest BCUT2D eigenvalue weighted by molar-refractivity contribution is 5.91. The molecule has 0 bridgehead atoms. The van der Waals surface area contributed by atoms with Gasteiger partial charge in [-0.2, -0.15) is 0 Å². The number of hydrogen-bond acceptors (Lipinski definition) is 4. The maximum absolute atomic E-state index is 11.8. The highest BCUT2D eigenvalue weighted by atomic mass is 16.5. The normalized spacial score (nSPS) is 9.86. The van der Waals surface area contributed by atoms with Crippen LogP contribution in [0.2, 0.25) is 0 Å². The summed E-state index contributed by atoms with van der Waals surface area (Å²) in [5, 5.41) is 2.73. The summed E-state index contributed by atoms with van der Waals surface area (Å²) in [6.45, 7) is 2.13. The van der Waals surface area contributed by atoms with E-state index in [1.165, 1.54) is 0 Å². The first-order valence-corrected chi connectivity index (χ1v) is 6.92. The van der Waals surface area contributed by atoms with E-state index in [0.29, 0.717) is 29.4 Å². The number of aldehydes is 1. The molecular weight excluding hydrogens is 282 g/mol. The molecule has 0 spiro atoms. The topological polar surface area (TPSA) is 64.6 Å². The number of para-hydroxylation sites is 1. The van der Waals surface area contributed by atoms with Gasteiger partial charge in [0.25, 0.3) is 5.91 Å². The number of nitrogens with one attached hydrogen (secondary N) is 1. The molecule has 0 unspecified atom stereocenters. The summed E-state index contributed by atoms with van der Waals surface area (Å²) >= 11 is 0. The van der Waals surface area contributed by atoms with E-state index in [-0.39, 0.29) is 12.5 Å². The van der Waals surface area contributed by atoms with Crippen LogP contribution < -0.4 is 14.8 Å². The lowest BCUT2D eigenvalue weighted by atomic mass is 10.2. The van der Waals surface area contributed by atoms with E-state index >= 15 is 0 Å². The molecule has 22 heavy (non-hydrogen) atoms. The molecule has 0 aliphatic rings. The quantitative estimate of drug-likeness (QED) is 0.798. The monoisotopic (exact) mass is 299 g/mol. The summed E-state index contributed by atoms with van der Waals surface area (Å²) in [5.41, 5.74) is 1.20. The van der Waals surface area contributed by atoms with Gasteiger partial charge in [0.05, 0.1) is 6.61 Å². The van der Waals surface area contributed by atoms with Crippen molar-refractivity contribution in [1.29, 1.82) is 0 Å². The number of carbonyl (C=O) groups is 2. The first kappa shape index (κ1) is 15.6. The highest BCUT2D eigenvalue weighted by Gasteiger charge is 2.09. The van der Waals surface area contributed by atoms with Crippen LogP contribution in [0.15, 0.2) is 48.5 Å². The van der Waals surface area contributed by atoms with Gasteiger partial charge >= 0.3 is 0 Å². The maximum atomic E-state index is 11.8. The fourth-order valence-corrected chi connectivity index (χ4v) is 1.85. The molecule has 2 rings (SSSR count). The number of anilines is 1. The Balaban J connectivity index is 1.98. The standard InChI is InChI=1S/C17H17NO4/c1-2-21-16-10-13(11-19)8-9-15(16)22-12-17(20)18-14-6-4-3-5-7-14/h3-11H,2,12H2,1H3,(H,18,20). The van der Waals surface area contributed by atoms with Gasteiger partial charge < -0.3 is 14.8 Å². The van der Waals surface area contributed by atoms with Crippen LogP contribution in [-0.4, -0.2) is 25.4 Å². The van der Waals surface area contributed by atoms with Gasteiger partial charge in [-0.15, -0.1) is 0 Å². The van der Waals surface area contributed by atoms with E-state index in [1.807, 2.05) is 25.1 Å². The molecule has 0 aliphatic carbocycles. The summed E-state index contributed by atoms with van der Waals surface area (Å²) in [6.07, 6.45) is 0.731. The van der Waals surface area contributed by atoms with Crippen molar-refractivity contribution in [1.82, 2.24) is 0 Å². The molecule has 0 saturated heterocycles. The number of ether oxygens (including phenoxy) is 2. The summed E-state index contributed by atoms with van der Waals surface area (Å²) in [4.78, 5) is 22.6. The van der Waals surface area contributed by atoms with Crippen LogP contribution in [0.1, 0.15) is 17.3 Å². The number of benzene rings is 2. The van der Waals surface area contributed by atoms with Gasteiger partial charge in [-0.3, -0.25) is 9.59 Å². The molecule has 0 radical (unpaired) electrons. The molecule has 5 nitrogen and oxygen atoms in total. The zero-order valence-corrected chi connectivity index (χ0v) is 12.2. The van der Waals surface area contributed by atoms with E-state index in [2.05, 4.69) is 5.32 Å². The first-order chi connectivity index (χ1) is 10.7. The Labute approximate surface area is 128 Å². The minimum atomic E-state index is -0.270. The van der Waals surface area contributed by atoms with Crippen molar-refractivity contribution in [2.45, 2.75) is 6.92 Å². The van der Waals surface area contributed by atoms with Gasteiger partial charge in [0.2, 0.25) is 0 Å². The third kappa shape index (κ3) is 4.34. The predicted octanol–water partition coefficient (Wildman–Crippen LogP) is 2.92. The fraction of sp³-hybridized carbons (Fsp3) is 0.176. The SMILES string of the molecule is CCOc1cc(C=O)ccc1OCC(=O)Nc1ccccc1. The van der Waals surface area contributed by atoms with Gasteiger partial charge in [-0.05, 0) is 37.3 Å². The van der Waals surface area contributed by atoms with E-state index in [9.17, 15) is 9.59 Å². The van der Waals surface area contributed by atoms with Crippen molar-refractivity contribution in [3.05, 3.63) is 54.1 Å². The molecular formula is C17H17NO4. The highest BCUT2D eigenvalue weighted by Crippen LogP contribution is 2.28. The molecule has 0 saturated carbocycles. The third-order valence-electron chi connectivity index (χ3n) is 2.82. The van der Waals surface area contributed by atoms with E-state index in [1.54, 1.807) is 30.3 Å². The second kappa shape index (κ2) is 7.83. The molecule has 0 heterocycles. The van der Waals surface area contributed by atoms with Crippen LogP contribution in [0.25, 0.3) is 0 Å². The van der Waals surface area contributed by atoms with Crippen LogP contribution in [-0.2, 0) is 4.79 Å². The lowest BCUT2D eigenvalue weighted by molar-refractivity contribution is -0.118. The van der Waals surface area contributed by atoms with Crippen molar-refractivity contribution < 1.29 is 19.1 Å². The van der Waals surface area contributed by atoms with Gasteiger partial charge in [-0.1, -0.05) is 18.2 Å². The van der Waals surface area contributed by atoms with Crippen molar-refractivity contribution in [2.24, 2.45) is 0 Å². The van der Waals surface area contributed by atoms with Gasteiger partial charge in [-0.25, -0.2) is 0 Å². The largest absolute Gasteiger partial charge is 0.490 e. The maximum Gasteiger partial charge on any atom is 0.262 e. The number of hydrogen-bond donors (Lipinski definition) is 1. The zero-order valence-electron chi connectivity index (χ0n) is 12.2. The lowest BCUT2D eigenvalue weighted by Gasteiger charge is -2.12. The van der Waals surface area contributed by atoms with Crippen molar-refractivity contribution >= 4 is 17.9 Å². The average molecular weight is 299 g/mol. The Kier molecular flexibility index (Phi) is 5.54. The van der Waals surface area contributed by atoms with E-state index < -0.39 is 0 Å². The molecule has 0 atom stereocenters. The Morgan fingerprint density at radius 1 is 1.09 bits per heavy atom. The summed E-state index contributed by atoms with van der Waals surface area (Å²) in [6, 6.07) is 13.9. The van der Waals surface area contributed by atoms with Gasteiger partial charge in [0.1, 0.15) is 6.29 Å².